The maximum Gasteiger partial charge on any atom is 0.255 e. The molecular weight excluding hydrogens is 316 g/mol. The van der Waals surface area contributed by atoms with Crippen LogP contribution < -0.4 is 10.6 Å². The van der Waals surface area contributed by atoms with Crippen LogP contribution in [0.15, 0.2) is 30.3 Å². The van der Waals surface area contributed by atoms with E-state index in [0.717, 1.165) is 32.1 Å². The molecule has 3 N–H and O–H groups in total. The summed E-state index contributed by atoms with van der Waals surface area (Å²) in [7, 11) is 0. The van der Waals surface area contributed by atoms with Crippen molar-refractivity contribution in [1.29, 1.82) is 0 Å². The Morgan fingerprint density at radius 2 is 1.68 bits per heavy atom. The number of hydrogen-bond donors (Lipinski definition) is 3. The molecule has 0 bridgehead atoms. The Morgan fingerprint density at radius 1 is 1.00 bits per heavy atom. The molecule has 3 unspecified atom stereocenters. The summed E-state index contributed by atoms with van der Waals surface area (Å²) in [4.78, 5) is 24.7. The fourth-order valence-electron chi connectivity index (χ4n) is 2.73. The number of unbranched alkanes of at least 4 members (excludes halogenated alkanes) is 2. The lowest BCUT2D eigenvalue weighted by molar-refractivity contribution is -0.129. The van der Waals surface area contributed by atoms with E-state index in [1.165, 1.54) is 0 Å². The normalized spacial score (nSPS) is 14.4. The summed E-state index contributed by atoms with van der Waals surface area (Å²) in [5.41, 5.74) is 0.629. The smallest absolute Gasteiger partial charge is 0.255 e. The predicted octanol–water partition coefficient (Wildman–Crippen LogP) is 3.49. The number of benzene rings is 1. The number of carbonyl (C=O) groups is 2. The highest BCUT2D eigenvalue weighted by molar-refractivity contribution is 5.95. The van der Waals surface area contributed by atoms with Gasteiger partial charge in [-0.2, -0.15) is 0 Å². The Hall–Kier alpha value is -1.88. The van der Waals surface area contributed by atoms with Crippen molar-refractivity contribution >= 4 is 17.5 Å². The molecule has 1 rings (SSSR count). The van der Waals surface area contributed by atoms with E-state index < -0.39 is 18.1 Å². The summed E-state index contributed by atoms with van der Waals surface area (Å²) in [5, 5.41) is 16.0. The van der Waals surface area contributed by atoms with Crippen LogP contribution in [-0.2, 0) is 9.59 Å². The standard InChI is InChI=1S/C20H32N2O3/c1-4-6-8-14-17(22-19(24)15(3)11-5-2)18(23)20(25)21-16-12-9-7-10-13-16/h7,9-10,12-13,15,17-18,23H,4-6,8,11,14H2,1-3H3,(H,21,25)(H,22,24). The number of hydrogen-bond acceptors (Lipinski definition) is 3. The maximum atomic E-state index is 12.4. The topological polar surface area (TPSA) is 78.4 Å². The first-order valence-corrected chi connectivity index (χ1v) is 9.33. The lowest BCUT2D eigenvalue weighted by Gasteiger charge is -2.25. The lowest BCUT2D eigenvalue weighted by atomic mass is 9.99. The quantitative estimate of drug-likeness (QED) is 0.536. The van der Waals surface area contributed by atoms with E-state index in [2.05, 4.69) is 17.6 Å². The molecule has 0 aromatic heterocycles. The zero-order valence-electron chi connectivity index (χ0n) is 15.6. The first kappa shape index (κ1) is 21.2. The van der Waals surface area contributed by atoms with Crippen molar-refractivity contribution < 1.29 is 14.7 Å². The molecule has 1 aromatic rings. The van der Waals surface area contributed by atoms with Crippen molar-refractivity contribution in [3.05, 3.63) is 30.3 Å². The van der Waals surface area contributed by atoms with Crippen molar-refractivity contribution in [2.24, 2.45) is 5.92 Å². The van der Waals surface area contributed by atoms with Crippen LogP contribution in [-0.4, -0.2) is 29.1 Å². The number of aliphatic hydroxyl groups excluding tert-OH is 1. The predicted molar refractivity (Wildman–Crippen MR) is 101 cm³/mol. The van der Waals surface area contributed by atoms with Crippen LogP contribution >= 0.6 is 0 Å². The van der Waals surface area contributed by atoms with Crippen LogP contribution in [0.1, 0.15) is 59.3 Å². The summed E-state index contributed by atoms with van der Waals surface area (Å²) >= 11 is 0. The minimum absolute atomic E-state index is 0.102. The Morgan fingerprint density at radius 3 is 2.28 bits per heavy atom. The van der Waals surface area contributed by atoms with Crippen molar-refractivity contribution in [3.8, 4) is 0 Å². The van der Waals surface area contributed by atoms with E-state index in [0.29, 0.717) is 12.1 Å². The second-order valence-electron chi connectivity index (χ2n) is 6.60. The minimum atomic E-state index is -1.27. The van der Waals surface area contributed by atoms with Crippen molar-refractivity contribution in [2.45, 2.75) is 71.4 Å². The number of amides is 2. The van der Waals surface area contributed by atoms with Crippen LogP contribution in [0.3, 0.4) is 0 Å². The van der Waals surface area contributed by atoms with Crippen molar-refractivity contribution in [2.75, 3.05) is 5.32 Å². The number of nitrogens with one attached hydrogen (secondary N) is 2. The fraction of sp³-hybridized carbons (Fsp3) is 0.600. The van der Waals surface area contributed by atoms with Crippen LogP contribution in [0.25, 0.3) is 0 Å². The number of carbonyl (C=O) groups excluding carboxylic acids is 2. The third kappa shape index (κ3) is 7.69. The van der Waals surface area contributed by atoms with Gasteiger partial charge in [0.05, 0.1) is 6.04 Å². The van der Waals surface area contributed by atoms with Crippen LogP contribution in [0.5, 0.6) is 0 Å². The average Bonchev–Trinajstić information content (AvgIpc) is 2.61. The van der Waals surface area contributed by atoms with Crippen LogP contribution in [0, 0.1) is 5.92 Å². The number of para-hydroxylation sites is 1. The van der Waals surface area contributed by atoms with Gasteiger partial charge in [-0.3, -0.25) is 9.59 Å². The van der Waals surface area contributed by atoms with Gasteiger partial charge in [-0.05, 0) is 25.0 Å². The number of aliphatic hydroxyl groups is 1. The summed E-state index contributed by atoms with van der Waals surface area (Å²) in [6.45, 7) is 6.00. The molecule has 1 aromatic carbocycles. The molecule has 0 radical (unpaired) electrons. The Labute approximate surface area is 151 Å². The number of rotatable bonds is 11. The van der Waals surface area contributed by atoms with Crippen molar-refractivity contribution in [1.82, 2.24) is 5.32 Å². The monoisotopic (exact) mass is 348 g/mol. The molecule has 25 heavy (non-hydrogen) atoms. The van der Waals surface area contributed by atoms with Gasteiger partial charge in [-0.15, -0.1) is 0 Å². The zero-order chi connectivity index (χ0) is 18.7. The molecule has 5 heteroatoms. The third-order valence-electron chi connectivity index (χ3n) is 4.31. The van der Waals surface area contributed by atoms with Gasteiger partial charge >= 0.3 is 0 Å². The molecule has 0 saturated heterocycles. The van der Waals surface area contributed by atoms with E-state index in [-0.39, 0.29) is 11.8 Å². The van der Waals surface area contributed by atoms with Gasteiger partial charge in [0.1, 0.15) is 0 Å². The Balaban J connectivity index is 2.71. The van der Waals surface area contributed by atoms with Gasteiger partial charge in [0.2, 0.25) is 5.91 Å². The Bertz CT molecular complexity index is 519. The largest absolute Gasteiger partial charge is 0.381 e. The minimum Gasteiger partial charge on any atom is -0.381 e. The van der Waals surface area contributed by atoms with Gasteiger partial charge in [-0.25, -0.2) is 0 Å². The molecule has 0 heterocycles. The average molecular weight is 348 g/mol. The molecule has 0 aliphatic rings. The highest BCUT2D eigenvalue weighted by Crippen LogP contribution is 2.13. The fourth-order valence-corrected chi connectivity index (χ4v) is 2.73. The first-order valence-electron chi connectivity index (χ1n) is 9.33. The molecule has 5 nitrogen and oxygen atoms in total. The SMILES string of the molecule is CCCCCC(NC(=O)C(C)CCC)C(O)C(=O)Nc1ccccc1. The molecule has 2 amide bonds. The lowest BCUT2D eigenvalue weighted by Crippen LogP contribution is -2.50. The van der Waals surface area contributed by atoms with E-state index in [1.807, 2.05) is 32.0 Å². The van der Waals surface area contributed by atoms with Crippen molar-refractivity contribution in [3.63, 3.8) is 0 Å². The first-order chi connectivity index (χ1) is 12.0. The second kappa shape index (κ2) is 11.6. The van der Waals surface area contributed by atoms with Crippen LogP contribution in [0.2, 0.25) is 0 Å². The molecular formula is C20H32N2O3. The van der Waals surface area contributed by atoms with E-state index in [1.54, 1.807) is 12.1 Å². The van der Waals surface area contributed by atoms with E-state index in [4.69, 9.17) is 0 Å². The molecule has 0 spiro atoms. The molecule has 0 saturated carbocycles. The summed E-state index contributed by atoms with van der Waals surface area (Å²) in [5.74, 6) is -0.714. The molecule has 0 fully saturated rings. The summed E-state index contributed by atoms with van der Waals surface area (Å²) in [6, 6.07) is 8.44. The molecule has 3 atom stereocenters. The highest BCUT2D eigenvalue weighted by Gasteiger charge is 2.28. The van der Waals surface area contributed by atoms with Gasteiger partial charge in [0, 0.05) is 11.6 Å². The molecule has 140 valence electrons. The maximum absolute atomic E-state index is 12.4. The van der Waals surface area contributed by atoms with Gasteiger partial charge < -0.3 is 15.7 Å². The third-order valence-corrected chi connectivity index (χ3v) is 4.31. The second-order valence-corrected chi connectivity index (χ2v) is 6.60. The number of anilines is 1. The van der Waals surface area contributed by atoms with E-state index >= 15 is 0 Å². The van der Waals surface area contributed by atoms with E-state index in [9.17, 15) is 14.7 Å². The summed E-state index contributed by atoms with van der Waals surface area (Å²) in [6.07, 6.45) is 3.94. The summed E-state index contributed by atoms with van der Waals surface area (Å²) < 4.78 is 0. The van der Waals surface area contributed by atoms with Gasteiger partial charge in [0.15, 0.2) is 6.10 Å². The molecule has 0 aliphatic carbocycles. The molecule has 0 aliphatic heterocycles. The van der Waals surface area contributed by atoms with Crippen LogP contribution in [0.4, 0.5) is 5.69 Å². The van der Waals surface area contributed by atoms with Gasteiger partial charge in [-0.1, -0.05) is 64.7 Å². The van der Waals surface area contributed by atoms with Gasteiger partial charge in [0.25, 0.3) is 5.91 Å². The highest BCUT2D eigenvalue weighted by atomic mass is 16.3. The Kier molecular flexibility index (Phi) is 9.85. The zero-order valence-corrected chi connectivity index (χ0v) is 15.6.